The standard InChI is InChI=1S/C11H12BrN3O/c1-16-11-3-2-7(4-9(11)12)8-6-14-15-10(8)5-13/h2-4,6H,5,13H2,1H3,(H,14,15). The number of hydrogen-bond acceptors (Lipinski definition) is 3. The number of hydrogen-bond donors (Lipinski definition) is 2. The highest BCUT2D eigenvalue weighted by atomic mass is 79.9. The van der Waals surface area contributed by atoms with Gasteiger partial charge in [0.15, 0.2) is 0 Å². The summed E-state index contributed by atoms with van der Waals surface area (Å²) in [7, 11) is 1.64. The van der Waals surface area contributed by atoms with Crippen molar-refractivity contribution < 1.29 is 4.74 Å². The number of aromatic nitrogens is 2. The average Bonchev–Trinajstić information content (AvgIpc) is 2.77. The van der Waals surface area contributed by atoms with Gasteiger partial charge in [-0.2, -0.15) is 5.10 Å². The molecule has 1 aromatic heterocycles. The smallest absolute Gasteiger partial charge is 0.133 e. The molecule has 0 bridgehead atoms. The van der Waals surface area contributed by atoms with Crippen molar-refractivity contribution in [2.45, 2.75) is 6.54 Å². The van der Waals surface area contributed by atoms with Crippen molar-refractivity contribution in [2.24, 2.45) is 5.73 Å². The van der Waals surface area contributed by atoms with E-state index in [1.54, 1.807) is 13.3 Å². The van der Waals surface area contributed by atoms with Gasteiger partial charge in [-0.15, -0.1) is 0 Å². The molecule has 0 unspecified atom stereocenters. The second-order valence-corrected chi connectivity index (χ2v) is 4.17. The van der Waals surface area contributed by atoms with Gasteiger partial charge in [-0.3, -0.25) is 5.10 Å². The fraction of sp³-hybridized carbons (Fsp3) is 0.182. The Morgan fingerprint density at radius 1 is 1.50 bits per heavy atom. The van der Waals surface area contributed by atoms with Gasteiger partial charge in [0, 0.05) is 12.1 Å². The maximum Gasteiger partial charge on any atom is 0.133 e. The summed E-state index contributed by atoms with van der Waals surface area (Å²) >= 11 is 3.45. The van der Waals surface area contributed by atoms with E-state index >= 15 is 0 Å². The number of H-pyrrole nitrogens is 1. The molecule has 1 heterocycles. The number of aromatic amines is 1. The molecule has 1 aromatic carbocycles. The van der Waals surface area contributed by atoms with E-state index in [1.807, 2.05) is 18.2 Å². The molecule has 3 N–H and O–H groups in total. The zero-order valence-electron chi connectivity index (χ0n) is 8.83. The molecular weight excluding hydrogens is 270 g/mol. The van der Waals surface area contributed by atoms with Gasteiger partial charge < -0.3 is 10.5 Å². The first-order chi connectivity index (χ1) is 7.76. The molecule has 0 fully saturated rings. The summed E-state index contributed by atoms with van der Waals surface area (Å²) in [6.45, 7) is 0.443. The number of nitrogens with two attached hydrogens (primary N) is 1. The second-order valence-electron chi connectivity index (χ2n) is 3.32. The molecule has 2 rings (SSSR count). The van der Waals surface area contributed by atoms with Crippen LogP contribution in [-0.4, -0.2) is 17.3 Å². The van der Waals surface area contributed by atoms with Gasteiger partial charge in [0.1, 0.15) is 5.75 Å². The zero-order valence-corrected chi connectivity index (χ0v) is 10.4. The van der Waals surface area contributed by atoms with Gasteiger partial charge in [-0.1, -0.05) is 6.07 Å². The minimum Gasteiger partial charge on any atom is -0.496 e. The van der Waals surface area contributed by atoms with Crippen LogP contribution < -0.4 is 10.5 Å². The highest BCUT2D eigenvalue weighted by molar-refractivity contribution is 9.10. The molecule has 0 radical (unpaired) electrons. The fourth-order valence-corrected chi connectivity index (χ4v) is 2.09. The number of rotatable bonds is 3. The van der Waals surface area contributed by atoms with Crippen molar-refractivity contribution in [1.82, 2.24) is 10.2 Å². The zero-order chi connectivity index (χ0) is 11.5. The summed E-state index contributed by atoms with van der Waals surface area (Å²) in [4.78, 5) is 0. The lowest BCUT2D eigenvalue weighted by Gasteiger charge is -2.06. The monoisotopic (exact) mass is 281 g/mol. The van der Waals surface area contributed by atoms with Crippen molar-refractivity contribution in [1.29, 1.82) is 0 Å². The molecule has 0 aliphatic heterocycles. The summed E-state index contributed by atoms with van der Waals surface area (Å²) in [5.41, 5.74) is 8.62. The van der Waals surface area contributed by atoms with Gasteiger partial charge in [0.2, 0.25) is 0 Å². The van der Waals surface area contributed by atoms with E-state index < -0.39 is 0 Å². The predicted molar refractivity (Wildman–Crippen MR) is 66.2 cm³/mol. The lowest BCUT2D eigenvalue weighted by molar-refractivity contribution is 0.412. The van der Waals surface area contributed by atoms with Gasteiger partial charge in [0.05, 0.1) is 23.5 Å². The Kier molecular flexibility index (Phi) is 3.26. The van der Waals surface area contributed by atoms with Gasteiger partial charge in [-0.25, -0.2) is 0 Å². The number of methoxy groups -OCH3 is 1. The van der Waals surface area contributed by atoms with Crippen LogP contribution in [-0.2, 0) is 6.54 Å². The Balaban J connectivity index is 2.45. The minimum absolute atomic E-state index is 0.443. The first-order valence-corrected chi connectivity index (χ1v) is 5.61. The Bertz CT molecular complexity index is 496. The number of nitrogens with one attached hydrogen (secondary N) is 1. The van der Waals surface area contributed by atoms with Crippen LogP contribution in [0.2, 0.25) is 0 Å². The summed E-state index contributed by atoms with van der Waals surface area (Å²) in [5, 5.41) is 6.87. The number of halogens is 1. The summed E-state index contributed by atoms with van der Waals surface area (Å²) in [6, 6.07) is 5.88. The van der Waals surface area contributed by atoms with Gasteiger partial charge in [-0.05, 0) is 33.6 Å². The molecule has 0 saturated heterocycles. The summed E-state index contributed by atoms with van der Waals surface area (Å²) < 4.78 is 6.09. The van der Waals surface area contributed by atoms with Crippen LogP contribution in [0.25, 0.3) is 11.1 Å². The third-order valence-corrected chi connectivity index (χ3v) is 3.00. The predicted octanol–water partition coefficient (Wildman–Crippen LogP) is 2.31. The third kappa shape index (κ3) is 1.96. The van der Waals surface area contributed by atoms with E-state index in [0.717, 1.165) is 27.0 Å². The highest BCUT2D eigenvalue weighted by Crippen LogP contribution is 2.31. The normalized spacial score (nSPS) is 10.4. The molecule has 2 aromatic rings. The first-order valence-electron chi connectivity index (χ1n) is 4.82. The van der Waals surface area contributed by atoms with Crippen molar-refractivity contribution in [3.8, 4) is 16.9 Å². The molecule has 0 atom stereocenters. The van der Waals surface area contributed by atoms with E-state index in [-0.39, 0.29) is 0 Å². The Morgan fingerprint density at radius 2 is 2.31 bits per heavy atom. The largest absolute Gasteiger partial charge is 0.496 e. The molecule has 0 spiro atoms. The van der Waals surface area contributed by atoms with E-state index in [9.17, 15) is 0 Å². The average molecular weight is 282 g/mol. The van der Waals surface area contributed by atoms with Crippen LogP contribution in [0.5, 0.6) is 5.75 Å². The van der Waals surface area contributed by atoms with Crippen LogP contribution in [0.4, 0.5) is 0 Å². The quantitative estimate of drug-likeness (QED) is 0.908. The van der Waals surface area contributed by atoms with Crippen molar-refractivity contribution in [3.63, 3.8) is 0 Å². The molecule has 4 nitrogen and oxygen atoms in total. The van der Waals surface area contributed by atoms with Crippen molar-refractivity contribution >= 4 is 15.9 Å². The van der Waals surface area contributed by atoms with Crippen LogP contribution in [0, 0.1) is 0 Å². The number of benzene rings is 1. The van der Waals surface area contributed by atoms with E-state index in [1.165, 1.54) is 0 Å². The number of nitrogens with zero attached hydrogens (tertiary/aromatic N) is 1. The maximum absolute atomic E-state index is 5.62. The van der Waals surface area contributed by atoms with Gasteiger partial charge in [0.25, 0.3) is 0 Å². The minimum atomic E-state index is 0.443. The topological polar surface area (TPSA) is 63.9 Å². The van der Waals surface area contributed by atoms with E-state index in [2.05, 4.69) is 26.1 Å². The maximum atomic E-state index is 5.62. The Labute approximate surface area is 102 Å². The lowest BCUT2D eigenvalue weighted by Crippen LogP contribution is -1.98. The SMILES string of the molecule is COc1ccc(-c2cn[nH]c2CN)cc1Br. The van der Waals surface area contributed by atoms with E-state index in [4.69, 9.17) is 10.5 Å². The van der Waals surface area contributed by atoms with Crippen LogP contribution >= 0.6 is 15.9 Å². The first kappa shape index (κ1) is 11.2. The second kappa shape index (κ2) is 4.67. The lowest BCUT2D eigenvalue weighted by atomic mass is 10.1. The molecule has 0 aliphatic carbocycles. The number of ether oxygens (including phenoxy) is 1. The molecule has 5 heteroatoms. The van der Waals surface area contributed by atoms with Crippen LogP contribution in [0.1, 0.15) is 5.69 Å². The third-order valence-electron chi connectivity index (χ3n) is 2.39. The van der Waals surface area contributed by atoms with Crippen molar-refractivity contribution in [3.05, 3.63) is 34.6 Å². The molecular formula is C11H12BrN3O. The molecule has 0 amide bonds. The molecule has 0 aliphatic rings. The van der Waals surface area contributed by atoms with E-state index in [0.29, 0.717) is 6.54 Å². The Hall–Kier alpha value is -1.33. The van der Waals surface area contributed by atoms with Crippen molar-refractivity contribution in [2.75, 3.05) is 7.11 Å². The molecule has 16 heavy (non-hydrogen) atoms. The summed E-state index contributed by atoms with van der Waals surface area (Å²) in [5.74, 6) is 0.807. The van der Waals surface area contributed by atoms with Crippen LogP contribution in [0.3, 0.4) is 0 Å². The molecule has 0 saturated carbocycles. The highest BCUT2D eigenvalue weighted by Gasteiger charge is 2.08. The van der Waals surface area contributed by atoms with Crippen LogP contribution in [0.15, 0.2) is 28.9 Å². The van der Waals surface area contributed by atoms with Gasteiger partial charge >= 0.3 is 0 Å². The molecule has 84 valence electrons. The fourth-order valence-electron chi connectivity index (χ4n) is 1.55. The summed E-state index contributed by atoms with van der Waals surface area (Å²) in [6.07, 6.45) is 1.77. The Morgan fingerprint density at radius 3 is 2.94 bits per heavy atom.